The van der Waals surface area contributed by atoms with Crippen molar-refractivity contribution < 1.29 is 19.0 Å². The number of carbonyl (C=O) groups is 1. The van der Waals surface area contributed by atoms with Crippen LogP contribution in [0.5, 0.6) is 17.2 Å². The van der Waals surface area contributed by atoms with Crippen molar-refractivity contribution in [3.63, 3.8) is 0 Å². The Morgan fingerprint density at radius 2 is 1.73 bits per heavy atom. The van der Waals surface area contributed by atoms with Crippen LogP contribution in [0.15, 0.2) is 60.9 Å². The van der Waals surface area contributed by atoms with Crippen LogP contribution >= 0.6 is 0 Å². The standard InChI is InChI=1S/C23H27N3O4/c1-23(2,22(27)24-13-14-30-19-11-9-18(28-3)10-12-19)26-16-17(15-25-26)20-7-5-6-8-21(20)29-4/h5-12,15-16H,13-14H2,1-4H3,(H,24,27). The van der Waals surface area contributed by atoms with Gasteiger partial charge in [0.15, 0.2) is 0 Å². The first-order valence-electron chi connectivity index (χ1n) is 9.69. The number of nitrogens with one attached hydrogen (secondary N) is 1. The summed E-state index contributed by atoms with van der Waals surface area (Å²) >= 11 is 0. The van der Waals surface area contributed by atoms with E-state index < -0.39 is 5.54 Å². The van der Waals surface area contributed by atoms with Crippen molar-refractivity contribution in [3.05, 3.63) is 60.9 Å². The Labute approximate surface area is 176 Å². The van der Waals surface area contributed by atoms with Crippen molar-refractivity contribution in [2.75, 3.05) is 27.4 Å². The van der Waals surface area contributed by atoms with E-state index in [0.717, 1.165) is 28.4 Å². The summed E-state index contributed by atoms with van der Waals surface area (Å²) in [5.74, 6) is 2.10. The summed E-state index contributed by atoms with van der Waals surface area (Å²) in [5, 5.41) is 7.32. The molecular formula is C23H27N3O4. The molecule has 3 aromatic rings. The van der Waals surface area contributed by atoms with Crippen LogP contribution in [0.1, 0.15) is 13.8 Å². The summed E-state index contributed by atoms with van der Waals surface area (Å²) in [7, 11) is 3.25. The first kappa shape index (κ1) is 21.2. The quantitative estimate of drug-likeness (QED) is 0.548. The average Bonchev–Trinajstić information content (AvgIpc) is 3.28. The van der Waals surface area contributed by atoms with E-state index in [2.05, 4.69) is 10.4 Å². The van der Waals surface area contributed by atoms with Gasteiger partial charge in [-0.1, -0.05) is 18.2 Å². The maximum Gasteiger partial charge on any atom is 0.247 e. The van der Waals surface area contributed by atoms with Gasteiger partial charge in [0.25, 0.3) is 0 Å². The summed E-state index contributed by atoms with van der Waals surface area (Å²) < 4.78 is 17.9. The molecule has 0 spiro atoms. The molecule has 30 heavy (non-hydrogen) atoms. The van der Waals surface area contributed by atoms with Crippen LogP contribution in [-0.4, -0.2) is 43.1 Å². The molecule has 0 fully saturated rings. The molecular weight excluding hydrogens is 382 g/mol. The van der Waals surface area contributed by atoms with Crippen LogP contribution in [-0.2, 0) is 10.3 Å². The van der Waals surface area contributed by atoms with Crippen LogP contribution in [0, 0.1) is 0 Å². The molecule has 0 saturated carbocycles. The van der Waals surface area contributed by atoms with Gasteiger partial charge in [-0.15, -0.1) is 0 Å². The van der Waals surface area contributed by atoms with E-state index in [0.29, 0.717) is 13.2 Å². The molecule has 0 aliphatic rings. The van der Waals surface area contributed by atoms with Gasteiger partial charge in [0.05, 0.1) is 27.0 Å². The molecule has 3 rings (SSSR count). The van der Waals surface area contributed by atoms with Gasteiger partial charge in [0.2, 0.25) is 5.91 Å². The fraction of sp³-hybridized carbons (Fsp3) is 0.304. The van der Waals surface area contributed by atoms with Gasteiger partial charge in [-0.2, -0.15) is 5.10 Å². The fourth-order valence-corrected chi connectivity index (χ4v) is 2.98. The van der Waals surface area contributed by atoms with E-state index in [4.69, 9.17) is 14.2 Å². The fourth-order valence-electron chi connectivity index (χ4n) is 2.98. The van der Waals surface area contributed by atoms with E-state index in [1.54, 1.807) is 25.1 Å². The maximum absolute atomic E-state index is 12.8. The van der Waals surface area contributed by atoms with Crippen molar-refractivity contribution >= 4 is 5.91 Å². The van der Waals surface area contributed by atoms with Crippen LogP contribution in [0.2, 0.25) is 0 Å². The minimum Gasteiger partial charge on any atom is -0.497 e. The Morgan fingerprint density at radius 3 is 2.43 bits per heavy atom. The Hall–Kier alpha value is -3.48. The third kappa shape index (κ3) is 4.74. The third-order valence-electron chi connectivity index (χ3n) is 4.84. The molecule has 0 atom stereocenters. The molecule has 1 amide bonds. The molecule has 1 heterocycles. The SMILES string of the molecule is COc1ccc(OCCNC(=O)C(C)(C)n2cc(-c3ccccc3OC)cn2)cc1. The number of ether oxygens (including phenoxy) is 3. The molecule has 0 radical (unpaired) electrons. The van der Waals surface area contributed by atoms with Crippen molar-refractivity contribution in [2.45, 2.75) is 19.4 Å². The predicted octanol–water partition coefficient (Wildman–Crippen LogP) is 3.50. The van der Waals surface area contributed by atoms with Crippen molar-refractivity contribution in [1.82, 2.24) is 15.1 Å². The predicted molar refractivity (Wildman–Crippen MR) is 115 cm³/mol. The summed E-state index contributed by atoms with van der Waals surface area (Å²) in [5.41, 5.74) is 0.951. The lowest BCUT2D eigenvalue weighted by atomic mass is 10.0. The maximum atomic E-state index is 12.8. The van der Waals surface area contributed by atoms with E-state index in [9.17, 15) is 4.79 Å². The Bertz CT molecular complexity index is 980. The van der Waals surface area contributed by atoms with Gasteiger partial charge in [0.1, 0.15) is 29.4 Å². The highest BCUT2D eigenvalue weighted by Crippen LogP contribution is 2.30. The Kier molecular flexibility index (Phi) is 6.61. The lowest BCUT2D eigenvalue weighted by Gasteiger charge is -2.24. The number of rotatable bonds is 9. The van der Waals surface area contributed by atoms with Crippen molar-refractivity contribution in [1.29, 1.82) is 0 Å². The number of carbonyl (C=O) groups excluding carboxylic acids is 1. The number of para-hydroxylation sites is 1. The summed E-state index contributed by atoms with van der Waals surface area (Å²) in [6.07, 6.45) is 3.59. The number of methoxy groups -OCH3 is 2. The zero-order valence-electron chi connectivity index (χ0n) is 17.7. The highest BCUT2D eigenvalue weighted by molar-refractivity contribution is 5.83. The molecule has 0 aliphatic heterocycles. The summed E-state index contributed by atoms with van der Waals surface area (Å²) in [6.45, 7) is 4.39. The van der Waals surface area contributed by atoms with Crippen LogP contribution in [0.25, 0.3) is 11.1 Å². The van der Waals surface area contributed by atoms with Gasteiger partial charge in [-0.05, 0) is 44.2 Å². The Morgan fingerprint density at radius 1 is 1.03 bits per heavy atom. The van der Waals surface area contributed by atoms with Crippen LogP contribution in [0.3, 0.4) is 0 Å². The number of hydrogen-bond acceptors (Lipinski definition) is 5. The molecule has 158 valence electrons. The van der Waals surface area contributed by atoms with Gasteiger partial charge >= 0.3 is 0 Å². The molecule has 0 unspecified atom stereocenters. The molecule has 2 aromatic carbocycles. The van der Waals surface area contributed by atoms with E-state index >= 15 is 0 Å². The zero-order valence-corrected chi connectivity index (χ0v) is 17.7. The summed E-state index contributed by atoms with van der Waals surface area (Å²) in [4.78, 5) is 12.8. The van der Waals surface area contributed by atoms with E-state index in [1.165, 1.54) is 0 Å². The second-order valence-corrected chi connectivity index (χ2v) is 7.21. The zero-order chi connectivity index (χ0) is 21.6. The Balaban J connectivity index is 1.58. The lowest BCUT2D eigenvalue weighted by molar-refractivity contribution is -0.128. The second-order valence-electron chi connectivity index (χ2n) is 7.21. The first-order valence-corrected chi connectivity index (χ1v) is 9.69. The van der Waals surface area contributed by atoms with E-state index in [1.807, 2.05) is 68.6 Å². The third-order valence-corrected chi connectivity index (χ3v) is 4.84. The lowest BCUT2D eigenvalue weighted by Crippen LogP contribution is -2.45. The monoisotopic (exact) mass is 409 g/mol. The van der Waals surface area contributed by atoms with Gasteiger partial charge in [-0.3, -0.25) is 9.48 Å². The average molecular weight is 409 g/mol. The highest BCUT2D eigenvalue weighted by atomic mass is 16.5. The minimum absolute atomic E-state index is 0.143. The molecule has 0 bridgehead atoms. The van der Waals surface area contributed by atoms with Crippen LogP contribution in [0.4, 0.5) is 0 Å². The van der Waals surface area contributed by atoms with Crippen molar-refractivity contribution in [3.8, 4) is 28.4 Å². The largest absolute Gasteiger partial charge is 0.497 e. The molecule has 7 heteroatoms. The minimum atomic E-state index is -0.861. The van der Waals surface area contributed by atoms with E-state index in [-0.39, 0.29) is 5.91 Å². The van der Waals surface area contributed by atoms with Gasteiger partial charge in [-0.25, -0.2) is 0 Å². The number of amides is 1. The molecule has 0 aliphatic carbocycles. The first-order chi connectivity index (χ1) is 14.5. The number of nitrogens with zero attached hydrogens (tertiary/aromatic N) is 2. The van der Waals surface area contributed by atoms with Gasteiger partial charge < -0.3 is 19.5 Å². The molecule has 0 saturated heterocycles. The van der Waals surface area contributed by atoms with Crippen molar-refractivity contribution in [2.24, 2.45) is 0 Å². The number of benzene rings is 2. The number of aromatic nitrogens is 2. The summed E-state index contributed by atoms with van der Waals surface area (Å²) in [6, 6.07) is 15.0. The topological polar surface area (TPSA) is 74.6 Å². The normalized spacial score (nSPS) is 11.1. The molecule has 1 aromatic heterocycles. The van der Waals surface area contributed by atoms with Gasteiger partial charge in [0, 0.05) is 17.3 Å². The highest BCUT2D eigenvalue weighted by Gasteiger charge is 2.30. The molecule has 1 N–H and O–H groups in total. The van der Waals surface area contributed by atoms with Crippen LogP contribution < -0.4 is 19.5 Å². The molecule has 7 nitrogen and oxygen atoms in total. The second kappa shape index (κ2) is 9.35. The smallest absolute Gasteiger partial charge is 0.247 e. The number of hydrogen-bond donors (Lipinski definition) is 1.